The maximum atomic E-state index is 5.58. The molecule has 2 aromatic rings. The molecule has 5 heteroatoms. The Kier molecular flexibility index (Phi) is 5.34. The number of hydrogen-bond donors (Lipinski definition) is 0. The number of aliphatic imine (C=N–C) groups is 1. The van der Waals surface area contributed by atoms with Crippen LogP contribution in [-0.4, -0.2) is 42.7 Å². The number of hydrogen-bond acceptors (Lipinski definition) is 2. The van der Waals surface area contributed by atoms with Crippen LogP contribution < -0.4 is 4.90 Å². The van der Waals surface area contributed by atoms with Crippen molar-refractivity contribution in [1.82, 2.24) is 4.90 Å². The van der Waals surface area contributed by atoms with Gasteiger partial charge in [0, 0.05) is 24.5 Å². The Labute approximate surface area is 142 Å². The van der Waals surface area contributed by atoms with Gasteiger partial charge in [-0.15, -0.1) is 0 Å². The van der Waals surface area contributed by atoms with Crippen molar-refractivity contribution in [3.8, 4) is 0 Å². The Bertz CT molecular complexity index is 615. The standard InChI is InChI=1S/C18H19N3OS/c23-18(19-15-20-11-13-22-14-12-20)21(16-7-3-1-4-8-16)17-9-5-2-6-10-17/h1-10,15H,11-14H2. The predicted octanol–water partition coefficient (Wildman–Crippen LogP) is 3.47. The fourth-order valence-electron chi connectivity index (χ4n) is 2.41. The first-order valence-electron chi connectivity index (χ1n) is 7.65. The van der Waals surface area contributed by atoms with E-state index in [1.165, 1.54) is 0 Å². The summed E-state index contributed by atoms with van der Waals surface area (Å²) in [5.74, 6) is 0. The summed E-state index contributed by atoms with van der Waals surface area (Å²) in [6.45, 7) is 3.17. The van der Waals surface area contributed by atoms with E-state index >= 15 is 0 Å². The lowest BCUT2D eigenvalue weighted by atomic mass is 10.2. The van der Waals surface area contributed by atoms with Crippen LogP contribution in [0.15, 0.2) is 65.7 Å². The average molecular weight is 325 g/mol. The highest BCUT2D eigenvalue weighted by Crippen LogP contribution is 2.25. The number of ether oxygens (including phenoxy) is 1. The molecule has 118 valence electrons. The third-order valence-corrected chi connectivity index (χ3v) is 3.89. The maximum Gasteiger partial charge on any atom is 0.205 e. The molecule has 2 aromatic carbocycles. The van der Waals surface area contributed by atoms with Crippen LogP contribution in [0.2, 0.25) is 0 Å². The first-order chi connectivity index (χ1) is 11.3. The van der Waals surface area contributed by atoms with Gasteiger partial charge in [-0.1, -0.05) is 36.4 Å². The third kappa shape index (κ3) is 4.15. The molecule has 0 radical (unpaired) electrons. The summed E-state index contributed by atoms with van der Waals surface area (Å²) >= 11 is 5.58. The zero-order valence-corrected chi connectivity index (χ0v) is 13.7. The maximum absolute atomic E-state index is 5.58. The number of thiocarbonyl (C=S) groups is 1. The Morgan fingerprint density at radius 3 is 2.00 bits per heavy atom. The molecule has 1 fully saturated rings. The van der Waals surface area contributed by atoms with Gasteiger partial charge in [-0.05, 0) is 36.5 Å². The van der Waals surface area contributed by atoms with E-state index in [-0.39, 0.29) is 0 Å². The Balaban J connectivity index is 1.83. The van der Waals surface area contributed by atoms with Gasteiger partial charge in [0.25, 0.3) is 0 Å². The van der Waals surface area contributed by atoms with Gasteiger partial charge in [-0.3, -0.25) is 4.90 Å². The summed E-state index contributed by atoms with van der Waals surface area (Å²) < 4.78 is 5.35. The molecule has 0 unspecified atom stereocenters. The lowest BCUT2D eigenvalue weighted by molar-refractivity contribution is 0.0701. The SMILES string of the molecule is S=C(N=CN1CCOCC1)N(c1ccccc1)c1ccccc1. The van der Waals surface area contributed by atoms with Crippen LogP contribution in [0.3, 0.4) is 0 Å². The zero-order valence-electron chi connectivity index (χ0n) is 12.8. The van der Waals surface area contributed by atoms with E-state index in [2.05, 4.69) is 9.89 Å². The quantitative estimate of drug-likeness (QED) is 0.491. The highest BCUT2D eigenvalue weighted by atomic mass is 32.1. The lowest BCUT2D eigenvalue weighted by Gasteiger charge is -2.26. The van der Waals surface area contributed by atoms with E-state index in [1.54, 1.807) is 0 Å². The van der Waals surface area contributed by atoms with E-state index in [1.807, 2.05) is 71.9 Å². The van der Waals surface area contributed by atoms with Gasteiger partial charge < -0.3 is 9.64 Å². The van der Waals surface area contributed by atoms with E-state index in [4.69, 9.17) is 17.0 Å². The van der Waals surface area contributed by atoms with Crippen molar-refractivity contribution in [1.29, 1.82) is 0 Å². The van der Waals surface area contributed by atoms with Crippen molar-refractivity contribution in [2.75, 3.05) is 31.2 Å². The second kappa shape index (κ2) is 7.85. The molecule has 0 saturated carbocycles. The van der Waals surface area contributed by atoms with E-state index in [0.717, 1.165) is 37.7 Å². The molecular formula is C18H19N3OS. The molecule has 0 amide bonds. The molecule has 0 spiro atoms. The number of benzene rings is 2. The van der Waals surface area contributed by atoms with Gasteiger partial charge in [-0.2, -0.15) is 0 Å². The molecule has 1 heterocycles. The minimum atomic E-state index is 0.522. The topological polar surface area (TPSA) is 28.1 Å². The molecule has 23 heavy (non-hydrogen) atoms. The van der Waals surface area contributed by atoms with Crippen LogP contribution in [0.25, 0.3) is 0 Å². The van der Waals surface area contributed by atoms with Gasteiger partial charge >= 0.3 is 0 Å². The van der Waals surface area contributed by atoms with Crippen LogP contribution in [0, 0.1) is 0 Å². The molecule has 0 aromatic heterocycles. The van der Waals surface area contributed by atoms with Crippen molar-refractivity contribution in [2.45, 2.75) is 0 Å². The predicted molar refractivity (Wildman–Crippen MR) is 98.5 cm³/mol. The molecule has 0 atom stereocenters. The smallest absolute Gasteiger partial charge is 0.205 e. The first kappa shape index (κ1) is 15.6. The van der Waals surface area contributed by atoms with Crippen LogP contribution >= 0.6 is 12.2 Å². The summed E-state index contributed by atoms with van der Waals surface area (Å²) in [7, 11) is 0. The summed E-state index contributed by atoms with van der Waals surface area (Å²) in [5.41, 5.74) is 2.01. The minimum absolute atomic E-state index is 0.522. The Hall–Kier alpha value is -2.24. The molecule has 3 rings (SSSR count). The normalized spacial score (nSPS) is 14.9. The lowest BCUT2D eigenvalue weighted by Crippen LogP contribution is -2.35. The summed E-state index contributed by atoms with van der Waals surface area (Å²) in [5, 5.41) is 0.522. The Morgan fingerprint density at radius 2 is 1.48 bits per heavy atom. The number of rotatable bonds is 3. The molecule has 0 aliphatic carbocycles. The van der Waals surface area contributed by atoms with E-state index in [0.29, 0.717) is 5.11 Å². The third-order valence-electron chi connectivity index (χ3n) is 3.60. The fourth-order valence-corrected chi connectivity index (χ4v) is 2.66. The summed E-state index contributed by atoms with van der Waals surface area (Å²) in [6.07, 6.45) is 1.82. The molecule has 4 nitrogen and oxygen atoms in total. The number of anilines is 2. The monoisotopic (exact) mass is 325 g/mol. The average Bonchev–Trinajstić information content (AvgIpc) is 2.63. The van der Waals surface area contributed by atoms with Gasteiger partial charge in [-0.25, -0.2) is 4.99 Å². The van der Waals surface area contributed by atoms with Crippen molar-refractivity contribution < 1.29 is 4.74 Å². The highest BCUT2D eigenvalue weighted by Gasteiger charge is 2.14. The molecular weight excluding hydrogens is 306 g/mol. The molecule has 1 aliphatic heterocycles. The van der Waals surface area contributed by atoms with Crippen molar-refractivity contribution in [3.63, 3.8) is 0 Å². The Morgan fingerprint density at radius 1 is 0.957 bits per heavy atom. The van der Waals surface area contributed by atoms with Crippen LogP contribution in [0.5, 0.6) is 0 Å². The van der Waals surface area contributed by atoms with Gasteiger partial charge in [0.15, 0.2) is 0 Å². The van der Waals surface area contributed by atoms with Crippen molar-refractivity contribution in [3.05, 3.63) is 60.7 Å². The summed E-state index contributed by atoms with van der Waals surface area (Å²) in [4.78, 5) is 8.61. The van der Waals surface area contributed by atoms with Gasteiger partial charge in [0.05, 0.1) is 19.6 Å². The second-order valence-electron chi connectivity index (χ2n) is 5.18. The van der Waals surface area contributed by atoms with Crippen LogP contribution in [-0.2, 0) is 4.74 Å². The first-order valence-corrected chi connectivity index (χ1v) is 8.05. The van der Waals surface area contributed by atoms with Crippen LogP contribution in [0.4, 0.5) is 11.4 Å². The molecule has 0 N–H and O–H groups in total. The number of morpholine rings is 1. The van der Waals surface area contributed by atoms with Crippen molar-refractivity contribution in [2.24, 2.45) is 4.99 Å². The second-order valence-corrected chi connectivity index (χ2v) is 5.55. The fraction of sp³-hybridized carbons (Fsp3) is 0.222. The minimum Gasteiger partial charge on any atom is -0.378 e. The van der Waals surface area contributed by atoms with Gasteiger partial charge in [0.1, 0.15) is 0 Å². The van der Waals surface area contributed by atoms with Gasteiger partial charge in [0.2, 0.25) is 5.11 Å². The van der Waals surface area contributed by atoms with Crippen LogP contribution in [0.1, 0.15) is 0 Å². The number of para-hydroxylation sites is 2. The number of nitrogens with zero attached hydrogens (tertiary/aromatic N) is 3. The zero-order chi connectivity index (χ0) is 15.9. The van der Waals surface area contributed by atoms with Crippen molar-refractivity contribution >= 4 is 35.0 Å². The largest absolute Gasteiger partial charge is 0.378 e. The molecule has 1 aliphatic rings. The van der Waals surface area contributed by atoms with E-state index in [9.17, 15) is 0 Å². The molecule has 0 bridgehead atoms. The summed E-state index contributed by atoms with van der Waals surface area (Å²) in [6, 6.07) is 20.1. The molecule has 1 saturated heterocycles. The highest BCUT2D eigenvalue weighted by molar-refractivity contribution is 7.80. The van der Waals surface area contributed by atoms with E-state index < -0.39 is 0 Å².